The molecule has 0 spiro atoms. The summed E-state index contributed by atoms with van der Waals surface area (Å²) in [5, 5.41) is 9.40. The van der Waals surface area contributed by atoms with Crippen LogP contribution in [0.2, 0.25) is 0 Å². The number of rotatable bonds is 17. The van der Waals surface area contributed by atoms with Gasteiger partial charge in [-0.15, -0.1) is 11.3 Å². The van der Waals surface area contributed by atoms with E-state index < -0.39 is 29.7 Å². The number of nitrogens with one attached hydrogen (secondary N) is 1. The van der Waals surface area contributed by atoms with Gasteiger partial charge in [0.15, 0.2) is 5.78 Å². The van der Waals surface area contributed by atoms with Gasteiger partial charge in [-0.25, -0.2) is 17.4 Å². The van der Waals surface area contributed by atoms with E-state index in [-0.39, 0.29) is 27.7 Å². The first-order valence-electron chi connectivity index (χ1n) is 14.0. The Bertz CT molecular complexity index is 1880. The Morgan fingerprint density at radius 3 is 2.26 bits per heavy atom. The summed E-state index contributed by atoms with van der Waals surface area (Å²) in [4.78, 5) is 23.4. The SMILES string of the molecule is N#Cc1ccc(OP(=O)(O)CNS(=O)(=O)c2cc3ccc(CC(=O)c4cc(OCCCN)cc(OCCCN)c4)cc3s2)cc1F. The van der Waals surface area contributed by atoms with Gasteiger partial charge in [0.05, 0.1) is 18.8 Å². The predicted octanol–water partition coefficient (Wildman–Crippen LogP) is 4.29. The average molecular weight is 691 g/mol. The topological polar surface area (TPSA) is 204 Å². The molecule has 0 saturated heterocycles. The van der Waals surface area contributed by atoms with Gasteiger partial charge in [0.25, 0.3) is 10.0 Å². The number of nitrogens with zero attached hydrogens (tertiary/aromatic N) is 1. The highest BCUT2D eigenvalue weighted by Gasteiger charge is 2.27. The van der Waals surface area contributed by atoms with Crippen LogP contribution >= 0.6 is 18.9 Å². The van der Waals surface area contributed by atoms with E-state index in [9.17, 15) is 27.1 Å². The van der Waals surface area contributed by atoms with Gasteiger partial charge in [-0.05, 0) is 73.3 Å². The number of benzene rings is 3. The van der Waals surface area contributed by atoms with Crippen LogP contribution in [0, 0.1) is 17.1 Å². The molecule has 0 aliphatic carbocycles. The smallest absolute Gasteiger partial charge is 0.391 e. The zero-order valence-electron chi connectivity index (χ0n) is 24.5. The normalized spacial score (nSPS) is 12.8. The third-order valence-electron chi connectivity index (χ3n) is 6.39. The van der Waals surface area contributed by atoms with Crippen molar-refractivity contribution in [1.29, 1.82) is 5.26 Å². The van der Waals surface area contributed by atoms with Gasteiger partial charge in [-0.2, -0.15) is 9.98 Å². The van der Waals surface area contributed by atoms with Crippen molar-refractivity contribution in [2.24, 2.45) is 11.5 Å². The summed E-state index contributed by atoms with van der Waals surface area (Å²) in [5.74, 6) is -0.559. The van der Waals surface area contributed by atoms with E-state index in [4.69, 9.17) is 30.7 Å². The average Bonchev–Trinajstić information content (AvgIpc) is 3.45. The number of ether oxygens (including phenoxy) is 2. The summed E-state index contributed by atoms with van der Waals surface area (Å²) in [6.07, 6.45) is 0.312. The number of carbonyl (C=O) groups excluding carboxylic acids is 1. The molecule has 0 radical (unpaired) electrons. The van der Waals surface area contributed by atoms with Gasteiger partial charge >= 0.3 is 7.60 Å². The molecule has 0 aliphatic heterocycles. The van der Waals surface area contributed by atoms with Crippen molar-refractivity contribution in [2.75, 3.05) is 32.6 Å². The molecule has 0 amide bonds. The third kappa shape index (κ3) is 9.57. The fourth-order valence-corrected chi connectivity index (χ4v) is 8.11. The highest BCUT2D eigenvalue weighted by Crippen LogP contribution is 2.42. The Morgan fingerprint density at radius 1 is 0.978 bits per heavy atom. The van der Waals surface area contributed by atoms with Crippen LogP contribution in [0.3, 0.4) is 0 Å². The van der Waals surface area contributed by atoms with E-state index in [0.717, 1.165) is 29.5 Å². The molecule has 1 heterocycles. The van der Waals surface area contributed by atoms with Crippen LogP contribution in [0.4, 0.5) is 4.39 Å². The van der Waals surface area contributed by atoms with E-state index in [0.29, 0.717) is 71.9 Å². The number of nitrogens with two attached hydrogens (primary N) is 2. The van der Waals surface area contributed by atoms with Gasteiger partial charge in [0.1, 0.15) is 39.6 Å². The van der Waals surface area contributed by atoms with Crippen LogP contribution in [0.15, 0.2) is 64.9 Å². The maximum atomic E-state index is 13.8. The molecular formula is C30H32FN4O8PS2. The zero-order valence-corrected chi connectivity index (χ0v) is 27.0. The lowest BCUT2D eigenvalue weighted by atomic mass is 10.0. The third-order valence-corrected chi connectivity index (χ3v) is 10.6. The summed E-state index contributed by atoms with van der Waals surface area (Å²) in [5.41, 5.74) is 11.8. The van der Waals surface area contributed by atoms with Gasteiger partial charge in [0, 0.05) is 28.8 Å². The van der Waals surface area contributed by atoms with Crippen molar-refractivity contribution >= 4 is 44.8 Å². The molecule has 3 aromatic carbocycles. The molecule has 244 valence electrons. The van der Waals surface area contributed by atoms with Crippen LogP contribution in [-0.4, -0.2) is 51.7 Å². The second-order valence-corrected chi connectivity index (χ2v) is 14.9. The lowest BCUT2D eigenvalue weighted by Gasteiger charge is -2.14. The molecule has 0 bridgehead atoms. The Hall–Kier alpha value is -3.87. The molecule has 1 unspecified atom stereocenters. The van der Waals surface area contributed by atoms with E-state index in [1.807, 2.05) is 0 Å². The molecule has 46 heavy (non-hydrogen) atoms. The summed E-state index contributed by atoms with van der Waals surface area (Å²) >= 11 is 0.915. The second kappa shape index (κ2) is 15.6. The molecular weight excluding hydrogens is 658 g/mol. The number of sulfonamides is 1. The maximum absolute atomic E-state index is 13.8. The van der Waals surface area contributed by atoms with Gasteiger partial charge in [0.2, 0.25) is 0 Å². The Balaban J connectivity index is 1.45. The minimum atomic E-state index is -4.59. The van der Waals surface area contributed by atoms with Crippen molar-refractivity contribution < 1.29 is 41.1 Å². The number of hydrogen-bond donors (Lipinski definition) is 4. The molecule has 4 aromatic rings. The summed E-state index contributed by atoms with van der Waals surface area (Å²) in [6.45, 7) is 1.68. The van der Waals surface area contributed by atoms with Gasteiger partial charge in [-0.3, -0.25) is 4.79 Å². The molecule has 6 N–H and O–H groups in total. The maximum Gasteiger partial charge on any atom is 0.391 e. The molecule has 0 aliphatic rings. The molecule has 0 saturated carbocycles. The molecule has 0 fully saturated rings. The highest BCUT2D eigenvalue weighted by atomic mass is 32.2. The lowest BCUT2D eigenvalue weighted by molar-refractivity contribution is 0.0992. The summed E-state index contributed by atoms with van der Waals surface area (Å²) in [6, 6.07) is 16.0. The fraction of sp³-hybridized carbons (Fsp3) is 0.267. The van der Waals surface area contributed by atoms with E-state index in [1.54, 1.807) is 42.5 Å². The summed E-state index contributed by atoms with van der Waals surface area (Å²) in [7, 11) is -8.83. The van der Waals surface area contributed by atoms with Gasteiger partial charge < -0.3 is 30.4 Å². The van der Waals surface area contributed by atoms with Gasteiger partial charge in [-0.1, -0.05) is 12.1 Å². The largest absolute Gasteiger partial charge is 0.493 e. The van der Waals surface area contributed by atoms with Crippen molar-refractivity contribution in [3.05, 3.63) is 83.2 Å². The molecule has 12 nitrogen and oxygen atoms in total. The first-order valence-corrected chi connectivity index (χ1v) is 18.1. The zero-order chi connectivity index (χ0) is 33.3. The summed E-state index contributed by atoms with van der Waals surface area (Å²) < 4.78 is 71.2. The van der Waals surface area contributed by atoms with E-state index >= 15 is 0 Å². The predicted molar refractivity (Wildman–Crippen MR) is 171 cm³/mol. The Labute approximate surface area is 269 Å². The second-order valence-electron chi connectivity index (χ2n) is 10.0. The number of nitriles is 1. The standard InChI is InChI=1S/C30H32FN4O8PS2/c31-27-17-24(6-5-22(27)18-34)43-44(37,38)19-35-46(39,40)30-15-21-4-3-20(12-29(21)45-30)11-28(36)23-13-25(41-9-1-7-32)16-26(14-23)42-10-2-8-33/h3-6,12-17,35H,1-2,7-11,19,32-33H2,(H,37,38). The van der Waals surface area contributed by atoms with Crippen LogP contribution < -0.4 is 30.2 Å². The van der Waals surface area contributed by atoms with E-state index in [1.165, 1.54) is 6.07 Å². The minimum absolute atomic E-state index is 0.0175. The molecule has 1 aromatic heterocycles. The Morgan fingerprint density at radius 2 is 1.65 bits per heavy atom. The lowest BCUT2D eigenvalue weighted by Crippen LogP contribution is -2.25. The van der Waals surface area contributed by atoms with Crippen molar-refractivity contribution in [3.63, 3.8) is 0 Å². The number of ketones is 1. The molecule has 4 rings (SSSR count). The van der Waals surface area contributed by atoms with Crippen LogP contribution in [0.25, 0.3) is 10.1 Å². The van der Waals surface area contributed by atoms with Crippen molar-refractivity contribution in [1.82, 2.24) is 4.72 Å². The van der Waals surface area contributed by atoms with Crippen LogP contribution in [0.1, 0.15) is 34.3 Å². The molecule has 16 heteroatoms. The quantitative estimate of drug-likeness (QED) is 0.0699. The highest BCUT2D eigenvalue weighted by molar-refractivity contribution is 7.92. The number of thiophene rings is 1. The number of Topliss-reactive ketones (excluding diaryl/α,β-unsaturated/α-hetero) is 1. The molecule has 1 atom stereocenters. The number of fused-ring (bicyclic) bond motifs is 1. The number of carbonyl (C=O) groups is 1. The van der Waals surface area contributed by atoms with E-state index in [2.05, 4.69) is 4.72 Å². The number of hydrogen-bond acceptors (Lipinski definition) is 11. The fourth-order valence-electron chi connectivity index (χ4n) is 4.11. The van der Waals surface area contributed by atoms with Crippen LogP contribution in [-0.2, 0) is 21.0 Å². The number of halogens is 1. The Kier molecular flexibility index (Phi) is 11.9. The first kappa shape index (κ1) is 35.0. The monoisotopic (exact) mass is 690 g/mol. The van der Waals surface area contributed by atoms with Crippen molar-refractivity contribution in [2.45, 2.75) is 23.5 Å². The van der Waals surface area contributed by atoms with Crippen molar-refractivity contribution in [3.8, 4) is 23.3 Å². The first-order chi connectivity index (χ1) is 21.9. The van der Waals surface area contributed by atoms with Crippen LogP contribution in [0.5, 0.6) is 17.2 Å². The minimum Gasteiger partial charge on any atom is -0.493 e.